The van der Waals surface area contributed by atoms with Crippen LogP contribution < -0.4 is 9.47 Å². The molecule has 0 amide bonds. The standard InChI is InChI=1S/C15H15NO4/c1-18-13-8-5-7-12(15(17)19-2)14(13)20-10-11-6-3-4-9-16-11/h3-9H,10H2,1-2H3. The lowest BCUT2D eigenvalue weighted by atomic mass is 10.2. The van der Waals surface area contributed by atoms with E-state index >= 15 is 0 Å². The normalized spacial score (nSPS) is 9.90. The Hall–Kier alpha value is -2.56. The summed E-state index contributed by atoms with van der Waals surface area (Å²) in [6.45, 7) is 0.241. The third-order valence-corrected chi connectivity index (χ3v) is 2.69. The van der Waals surface area contributed by atoms with Crippen LogP contribution in [0.25, 0.3) is 0 Å². The average molecular weight is 273 g/mol. The molecule has 5 heteroatoms. The number of hydrogen-bond donors (Lipinski definition) is 0. The summed E-state index contributed by atoms with van der Waals surface area (Å²) in [4.78, 5) is 15.9. The molecule has 2 aromatic rings. The molecule has 0 N–H and O–H groups in total. The molecule has 1 heterocycles. The quantitative estimate of drug-likeness (QED) is 0.783. The maximum atomic E-state index is 11.7. The second-order valence-corrected chi connectivity index (χ2v) is 3.94. The number of rotatable bonds is 5. The van der Waals surface area contributed by atoms with Crippen molar-refractivity contribution in [3.05, 3.63) is 53.9 Å². The summed E-state index contributed by atoms with van der Waals surface area (Å²) in [5, 5.41) is 0. The summed E-state index contributed by atoms with van der Waals surface area (Å²) in [6.07, 6.45) is 1.68. The van der Waals surface area contributed by atoms with Crippen LogP contribution >= 0.6 is 0 Å². The van der Waals surface area contributed by atoms with E-state index in [1.165, 1.54) is 14.2 Å². The molecule has 0 bridgehead atoms. The van der Waals surface area contributed by atoms with Crippen LogP contribution in [0.2, 0.25) is 0 Å². The first-order chi connectivity index (χ1) is 9.76. The first-order valence-electron chi connectivity index (χ1n) is 6.04. The first-order valence-corrected chi connectivity index (χ1v) is 6.04. The highest BCUT2D eigenvalue weighted by Gasteiger charge is 2.17. The highest BCUT2D eigenvalue weighted by atomic mass is 16.5. The second-order valence-electron chi connectivity index (χ2n) is 3.94. The number of benzene rings is 1. The summed E-state index contributed by atoms with van der Waals surface area (Å²) in [7, 11) is 2.84. The van der Waals surface area contributed by atoms with E-state index in [4.69, 9.17) is 14.2 Å². The fourth-order valence-corrected chi connectivity index (χ4v) is 1.73. The molecule has 0 aliphatic rings. The Bertz CT molecular complexity index is 584. The van der Waals surface area contributed by atoms with E-state index in [-0.39, 0.29) is 6.61 Å². The van der Waals surface area contributed by atoms with Crippen LogP contribution in [0.15, 0.2) is 42.6 Å². The second kappa shape index (κ2) is 6.56. The van der Waals surface area contributed by atoms with Gasteiger partial charge in [-0.15, -0.1) is 0 Å². The van der Waals surface area contributed by atoms with E-state index in [1.54, 1.807) is 24.4 Å². The first kappa shape index (κ1) is 13.9. The minimum atomic E-state index is -0.472. The highest BCUT2D eigenvalue weighted by Crippen LogP contribution is 2.32. The average Bonchev–Trinajstić information content (AvgIpc) is 2.52. The number of ether oxygens (including phenoxy) is 3. The number of carbonyl (C=O) groups excluding carboxylic acids is 1. The number of aromatic nitrogens is 1. The van der Waals surface area contributed by atoms with E-state index in [0.717, 1.165) is 5.69 Å². The topological polar surface area (TPSA) is 57.7 Å². The van der Waals surface area contributed by atoms with Crippen molar-refractivity contribution < 1.29 is 19.0 Å². The van der Waals surface area contributed by atoms with Crippen LogP contribution in [0, 0.1) is 0 Å². The molecule has 0 saturated heterocycles. The van der Waals surface area contributed by atoms with E-state index < -0.39 is 5.97 Å². The minimum Gasteiger partial charge on any atom is -0.493 e. The van der Waals surface area contributed by atoms with Crippen LogP contribution in [-0.2, 0) is 11.3 Å². The van der Waals surface area contributed by atoms with Gasteiger partial charge in [-0.3, -0.25) is 4.98 Å². The number of hydrogen-bond acceptors (Lipinski definition) is 5. The number of methoxy groups -OCH3 is 2. The van der Waals surface area contributed by atoms with Gasteiger partial charge in [0, 0.05) is 6.20 Å². The van der Waals surface area contributed by atoms with Gasteiger partial charge in [0.1, 0.15) is 12.2 Å². The Morgan fingerprint density at radius 2 is 2.00 bits per heavy atom. The zero-order valence-corrected chi connectivity index (χ0v) is 11.3. The molecule has 0 unspecified atom stereocenters. The lowest BCUT2D eigenvalue weighted by Crippen LogP contribution is -2.07. The maximum Gasteiger partial charge on any atom is 0.341 e. The van der Waals surface area contributed by atoms with Crippen molar-refractivity contribution in [2.45, 2.75) is 6.61 Å². The van der Waals surface area contributed by atoms with Crippen molar-refractivity contribution in [1.29, 1.82) is 0 Å². The Balaban J connectivity index is 2.26. The highest BCUT2D eigenvalue weighted by molar-refractivity contribution is 5.93. The molecule has 5 nitrogen and oxygen atoms in total. The third-order valence-electron chi connectivity index (χ3n) is 2.69. The van der Waals surface area contributed by atoms with Crippen LogP contribution in [-0.4, -0.2) is 25.2 Å². The molecular formula is C15H15NO4. The summed E-state index contributed by atoms with van der Waals surface area (Å²) in [5.74, 6) is 0.358. The van der Waals surface area contributed by atoms with Crippen molar-refractivity contribution in [2.75, 3.05) is 14.2 Å². The zero-order chi connectivity index (χ0) is 14.4. The number of para-hydroxylation sites is 1. The van der Waals surface area contributed by atoms with Gasteiger partial charge in [-0.25, -0.2) is 4.79 Å². The Morgan fingerprint density at radius 3 is 2.65 bits per heavy atom. The molecule has 2 rings (SSSR count). The molecule has 0 radical (unpaired) electrons. The Labute approximate surface area is 117 Å². The third kappa shape index (κ3) is 3.06. The molecule has 1 aromatic heterocycles. The van der Waals surface area contributed by atoms with Gasteiger partial charge in [0.2, 0.25) is 0 Å². The zero-order valence-electron chi connectivity index (χ0n) is 11.3. The number of esters is 1. The van der Waals surface area contributed by atoms with E-state index in [1.807, 2.05) is 18.2 Å². The molecular weight excluding hydrogens is 258 g/mol. The lowest BCUT2D eigenvalue weighted by molar-refractivity contribution is 0.0594. The van der Waals surface area contributed by atoms with Crippen LogP contribution in [0.1, 0.15) is 16.1 Å². The molecule has 1 aromatic carbocycles. The molecule has 0 atom stereocenters. The Kier molecular flexibility index (Phi) is 4.55. The molecule has 0 aliphatic carbocycles. The van der Waals surface area contributed by atoms with Crippen molar-refractivity contribution in [3.63, 3.8) is 0 Å². The van der Waals surface area contributed by atoms with Gasteiger partial charge in [-0.05, 0) is 24.3 Å². The van der Waals surface area contributed by atoms with Gasteiger partial charge in [-0.1, -0.05) is 12.1 Å². The van der Waals surface area contributed by atoms with Gasteiger partial charge < -0.3 is 14.2 Å². The van der Waals surface area contributed by atoms with Crippen LogP contribution in [0.3, 0.4) is 0 Å². The monoisotopic (exact) mass is 273 g/mol. The molecule has 20 heavy (non-hydrogen) atoms. The number of nitrogens with zero attached hydrogens (tertiary/aromatic N) is 1. The smallest absolute Gasteiger partial charge is 0.341 e. The van der Waals surface area contributed by atoms with Crippen molar-refractivity contribution in [1.82, 2.24) is 4.98 Å². The Morgan fingerprint density at radius 1 is 1.15 bits per heavy atom. The molecule has 0 saturated carbocycles. The van der Waals surface area contributed by atoms with Crippen molar-refractivity contribution >= 4 is 5.97 Å². The van der Waals surface area contributed by atoms with Crippen LogP contribution in [0.4, 0.5) is 0 Å². The molecule has 0 fully saturated rings. The summed E-state index contributed by atoms with van der Waals surface area (Å²) >= 11 is 0. The van der Waals surface area contributed by atoms with E-state index in [9.17, 15) is 4.79 Å². The summed E-state index contributed by atoms with van der Waals surface area (Å²) < 4.78 is 15.6. The largest absolute Gasteiger partial charge is 0.493 e. The van der Waals surface area contributed by atoms with Gasteiger partial charge in [0.15, 0.2) is 11.5 Å². The predicted octanol–water partition coefficient (Wildman–Crippen LogP) is 2.46. The SMILES string of the molecule is COC(=O)c1cccc(OC)c1OCc1ccccn1. The molecule has 104 valence electrons. The van der Waals surface area contributed by atoms with Gasteiger partial charge >= 0.3 is 5.97 Å². The van der Waals surface area contributed by atoms with Gasteiger partial charge in [0.25, 0.3) is 0 Å². The van der Waals surface area contributed by atoms with Gasteiger partial charge in [0.05, 0.1) is 19.9 Å². The predicted molar refractivity (Wildman–Crippen MR) is 72.9 cm³/mol. The number of carbonyl (C=O) groups is 1. The van der Waals surface area contributed by atoms with Gasteiger partial charge in [-0.2, -0.15) is 0 Å². The van der Waals surface area contributed by atoms with Crippen molar-refractivity contribution in [3.8, 4) is 11.5 Å². The fourth-order valence-electron chi connectivity index (χ4n) is 1.73. The van der Waals surface area contributed by atoms with E-state index in [2.05, 4.69) is 4.98 Å². The summed E-state index contributed by atoms with van der Waals surface area (Å²) in [6, 6.07) is 10.6. The maximum absolute atomic E-state index is 11.7. The molecule has 0 aliphatic heterocycles. The number of pyridine rings is 1. The fraction of sp³-hybridized carbons (Fsp3) is 0.200. The van der Waals surface area contributed by atoms with Crippen molar-refractivity contribution in [2.24, 2.45) is 0 Å². The molecule has 0 spiro atoms. The van der Waals surface area contributed by atoms with Crippen LogP contribution in [0.5, 0.6) is 11.5 Å². The minimum absolute atomic E-state index is 0.241. The van der Waals surface area contributed by atoms with E-state index in [0.29, 0.717) is 17.1 Å². The lowest BCUT2D eigenvalue weighted by Gasteiger charge is -2.13. The summed E-state index contributed by atoms with van der Waals surface area (Å²) in [5.41, 5.74) is 1.08.